The Morgan fingerprint density at radius 2 is 1.75 bits per heavy atom. The van der Waals surface area contributed by atoms with Gasteiger partial charge < -0.3 is 4.90 Å². The number of nitrogens with zero attached hydrogens (tertiary/aromatic N) is 2. The molecule has 0 aromatic heterocycles. The third-order valence-corrected chi connectivity index (χ3v) is 4.54. The summed E-state index contributed by atoms with van der Waals surface area (Å²) >= 11 is 0. The third-order valence-electron chi connectivity index (χ3n) is 2.83. The van der Waals surface area contributed by atoms with Gasteiger partial charge in [0.15, 0.2) is 9.84 Å². The van der Waals surface area contributed by atoms with Crippen LogP contribution < -0.4 is 0 Å². The molecule has 0 amide bonds. The highest BCUT2D eigenvalue weighted by molar-refractivity contribution is 7.91. The zero-order valence-electron chi connectivity index (χ0n) is 12.5. The Hall–Kier alpha value is -1.38. The summed E-state index contributed by atoms with van der Waals surface area (Å²) in [6.07, 6.45) is 0. The summed E-state index contributed by atoms with van der Waals surface area (Å²) in [4.78, 5) is 2.31. The number of rotatable bonds is 5. The lowest BCUT2D eigenvalue weighted by Crippen LogP contribution is -2.33. The van der Waals surface area contributed by atoms with E-state index >= 15 is 0 Å². The summed E-state index contributed by atoms with van der Waals surface area (Å²) in [5, 5.41) is 8.71. The van der Waals surface area contributed by atoms with Gasteiger partial charge in [-0.2, -0.15) is 5.26 Å². The van der Waals surface area contributed by atoms with Crippen LogP contribution in [0.2, 0.25) is 0 Å². The Bertz CT molecular complexity index is 578. The second kappa shape index (κ2) is 6.38. The van der Waals surface area contributed by atoms with E-state index in [4.69, 9.17) is 5.26 Å². The lowest BCUT2D eigenvalue weighted by molar-refractivity contribution is 0.236. The van der Waals surface area contributed by atoms with Gasteiger partial charge in [0.1, 0.15) is 0 Å². The molecular weight excluding hydrogens is 272 g/mol. The lowest BCUT2D eigenvalue weighted by Gasteiger charge is -2.26. The Morgan fingerprint density at radius 3 is 2.20 bits per heavy atom. The zero-order chi connectivity index (χ0) is 15.4. The highest BCUT2D eigenvalue weighted by Crippen LogP contribution is 2.15. The first-order valence-electron chi connectivity index (χ1n) is 6.55. The molecule has 0 unspecified atom stereocenters. The van der Waals surface area contributed by atoms with Crippen molar-refractivity contribution in [3.8, 4) is 6.07 Å². The van der Waals surface area contributed by atoms with Crippen molar-refractivity contribution in [2.24, 2.45) is 5.41 Å². The largest absolute Gasteiger partial charge is 0.305 e. The highest BCUT2D eigenvalue weighted by Gasteiger charge is 2.18. The summed E-state index contributed by atoms with van der Waals surface area (Å²) < 4.78 is 24.4. The molecule has 0 aliphatic rings. The van der Waals surface area contributed by atoms with Gasteiger partial charge in [-0.3, -0.25) is 0 Å². The minimum absolute atomic E-state index is 0.0888. The molecule has 0 aliphatic carbocycles. The summed E-state index contributed by atoms with van der Waals surface area (Å²) in [5.74, 6) is 0.0888. The van der Waals surface area contributed by atoms with Crippen molar-refractivity contribution in [2.45, 2.75) is 25.7 Å². The Labute approximate surface area is 121 Å². The molecule has 0 bridgehead atoms. The van der Waals surface area contributed by atoms with Gasteiger partial charge in [0.2, 0.25) is 0 Å². The molecule has 1 aromatic rings. The first kappa shape index (κ1) is 16.7. The molecule has 0 radical (unpaired) electrons. The number of nitriles is 1. The van der Waals surface area contributed by atoms with Crippen molar-refractivity contribution >= 4 is 9.84 Å². The fourth-order valence-corrected chi connectivity index (χ4v) is 3.36. The first-order chi connectivity index (χ1) is 9.14. The van der Waals surface area contributed by atoms with E-state index in [-0.39, 0.29) is 16.1 Å². The molecule has 1 aromatic carbocycles. The van der Waals surface area contributed by atoms with Gasteiger partial charge in [-0.15, -0.1) is 0 Å². The van der Waals surface area contributed by atoms with E-state index in [9.17, 15) is 8.42 Å². The van der Waals surface area contributed by atoms with Crippen LogP contribution in [0.25, 0.3) is 0 Å². The Kier molecular flexibility index (Phi) is 5.32. The average Bonchev–Trinajstić information content (AvgIpc) is 2.35. The van der Waals surface area contributed by atoms with Crippen molar-refractivity contribution in [1.82, 2.24) is 4.90 Å². The maximum atomic E-state index is 12.2. The van der Waals surface area contributed by atoms with E-state index in [1.807, 2.05) is 18.0 Å². The Balaban J connectivity index is 2.68. The maximum absolute atomic E-state index is 12.2. The molecule has 0 atom stereocenters. The summed E-state index contributed by atoms with van der Waals surface area (Å²) in [6, 6.07) is 8.04. The van der Waals surface area contributed by atoms with Crippen LogP contribution in [0.15, 0.2) is 29.2 Å². The normalized spacial score (nSPS) is 12.4. The van der Waals surface area contributed by atoms with Crippen LogP contribution in [0.3, 0.4) is 0 Å². The van der Waals surface area contributed by atoms with Crippen molar-refractivity contribution in [1.29, 1.82) is 5.26 Å². The molecular formula is C15H22N2O2S. The van der Waals surface area contributed by atoms with Gasteiger partial charge in [-0.1, -0.05) is 20.8 Å². The van der Waals surface area contributed by atoms with Crippen molar-refractivity contribution in [3.05, 3.63) is 29.8 Å². The quantitative estimate of drug-likeness (QED) is 0.836. The van der Waals surface area contributed by atoms with Crippen LogP contribution in [0.1, 0.15) is 26.3 Å². The molecule has 0 spiro atoms. The molecule has 0 fully saturated rings. The van der Waals surface area contributed by atoms with Gasteiger partial charge in [0.05, 0.1) is 22.3 Å². The maximum Gasteiger partial charge on any atom is 0.179 e. The van der Waals surface area contributed by atoms with Crippen LogP contribution in [0.4, 0.5) is 0 Å². The topological polar surface area (TPSA) is 61.2 Å². The molecule has 0 saturated carbocycles. The molecule has 0 aliphatic heterocycles. The molecule has 110 valence electrons. The summed E-state index contributed by atoms with van der Waals surface area (Å²) in [7, 11) is -1.36. The van der Waals surface area contributed by atoms with Gasteiger partial charge in [-0.25, -0.2) is 8.42 Å². The second-order valence-electron chi connectivity index (χ2n) is 6.25. The van der Waals surface area contributed by atoms with Crippen molar-refractivity contribution < 1.29 is 8.42 Å². The van der Waals surface area contributed by atoms with Crippen LogP contribution in [0.5, 0.6) is 0 Å². The average molecular weight is 294 g/mol. The predicted octanol–water partition coefficient (Wildman–Crippen LogP) is 2.31. The molecule has 0 saturated heterocycles. The highest BCUT2D eigenvalue weighted by atomic mass is 32.2. The van der Waals surface area contributed by atoms with Gasteiger partial charge in [0, 0.05) is 13.1 Å². The molecule has 20 heavy (non-hydrogen) atoms. The summed E-state index contributed by atoms with van der Waals surface area (Å²) in [6.45, 7) is 7.71. The van der Waals surface area contributed by atoms with E-state index in [0.717, 1.165) is 6.54 Å². The van der Waals surface area contributed by atoms with E-state index in [1.165, 1.54) is 24.3 Å². The third kappa shape index (κ3) is 5.32. The fourth-order valence-electron chi connectivity index (χ4n) is 2.02. The Morgan fingerprint density at radius 1 is 1.20 bits per heavy atom. The standard InChI is InChI=1S/C15H22N2O2S/c1-15(2,3)12-17(4)9-10-20(18,19)14-7-5-13(11-16)6-8-14/h5-8H,9-10,12H2,1-4H3. The minimum Gasteiger partial charge on any atom is -0.305 e. The molecule has 5 heteroatoms. The summed E-state index contributed by atoms with van der Waals surface area (Å²) in [5.41, 5.74) is 0.612. The van der Waals surface area contributed by atoms with E-state index in [2.05, 4.69) is 20.8 Å². The second-order valence-corrected chi connectivity index (χ2v) is 8.36. The van der Waals surface area contributed by atoms with Crippen LogP contribution in [-0.2, 0) is 9.84 Å². The fraction of sp³-hybridized carbons (Fsp3) is 0.533. The van der Waals surface area contributed by atoms with E-state index in [0.29, 0.717) is 12.1 Å². The van der Waals surface area contributed by atoms with Crippen LogP contribution >= 0.6 is 0 Å². The number of sulfone groups is 1. The van der Waals surface area contributed by atoms with Crippen LogP contribution in [0, 0.1) is 16.7 Å². The van der Waals surface area contributed by atoms with E-state index < -0.39 is 9.84 Å². The predicted molar refractivity (Wildman–Crippen MR) is 80.2 cm³/mol. The molecule has 4 nitrogen and oxygen atoms in total. The van der Waals surface area contributed by atoms with Crippen molar-refractivity contribution in [3.63, 3.8) is 0 Å². The SMILES string of the molecule is CN(CCS(=O)(=O)c1ccc(C#N)cc1)CC(C)(C)C. The number of hydrogen-bond acceptors (Lipinski definition) is 4. The van der Waals surface area contributed by atoms with E-state index in [1.54, 1.807) is 0 Å². The van der Waals surface area contributed by atoms with Gasteiger partial charge in [-0.05, 0) is 36.7 Å². The van der Waals surface area contributed by atoms with Gasteiger partial charge >= 0.3 is 0 Å². The minimum atomic E-state index is -3.29. The number of hydrogen-bond donors (Lipinski definition) is 0. The lowest BCUT2D eigenvalue weighted by atomic mass is 9.96. The van der Waals surface area contributed by atoms with Crippen molar-refractivity contribution in [2.75, 3.05) is 25.9 Å². The first-order valence-corrected chi connectivity index (χ1v) is 8.21. The smallest absolute Gasteiger partial charge is 0.179 e. The van der Waals surface area contributed by atoms with Crippen LogP contribution in [-0.4, -0.2) is 39.2 Å². The molecule has 0 heterocycles. The number of benzene rings is 1. The monoisotopic (exact) mass is 294 g/mol. The molecule has 1 rings (SSSR count). The van der Waals surface area contributed by atoms with Gasteiger partial charge in [0.25, 0.3) is 0 Å². The zero-order valence-corrected chi connectivity index (χ0v) is 13.4. The molecule has 0 N–H and O–H groups in total.